The van der Waals surface area contributed by atoms with Crippen molar-refractivity contribution < 1.29 is 14.3 Å². The zero-order chi connectivity index (χ0) is 17.8. The van der Waals surface area contributed by atoms with Gasteiger partial charge in [0.05, 0.1) is 12.6 Å². The molecule has 2 aliphatic heterocycles. The molecule has 25 heavy (non-hydrogen) atoms. The van der Waals surface area contributed by atoms with Crippen LogP contribution < -0.4 is 15.0 Å². The Morgan fingerprint density at radius 2 is 2.04 bits per heavy atom. The van der Waals surface area contributed by atoms with Gasteiger partial charge in [-0.15, -0.1) is 0 Å². The van der Waals surface area contributed by atoms with E-state index in [2.05, 4.69) is 12.2 Å². The normalized spacial score (nSPS) is 23.7. The van der Waals surface area contributed by atoms with Crippen molar-refractivity contribution in [2.45, 2.75) is 51.6 Å². The second-order valence-electron chi connectivity index (χ2n) is 6.82. The first-order valence-electron chi connectivity index (χ1n) is 9.19. The van der Waals surface area contributed by atoms with Gasteiger partial charge >= 0.3 is 6.03 Å². The van der Waals surface area contributed by atoms with Gasteiger partial charge in [0.15, 0.2) is 0 Å². The molecule has 0 aromatic heterocycles. The van der Waals surface area contributed by atoms with Crippen molar-refractivity contribution in [1.82, 2.24) is 10.2 Å². The lowest BCUT2D eigenvalue weighted by atomic mass is 10.0. The van der Waals surface area contributed by atoms with Crippen molar-refractivity contribution in [2.75, 3.05) is 24.6 Å². The van der Waals surface area contributed by atoms with Crippen LogP contribution in [0, 0.1) is 0 Å². The molecule has 3 rings (SSSR count). The van der Waals surface area contributed by atoms with Gasteiger partial charge in [0.1, 0.15) is 5.75 Å². The molecular formula is C19H27N3O3. The molecular weight excluding hydrogens is 318 g/mol. The molecule has 2 aliphatic rings. The van der Waals surface area contributed by atoms with Crippen molar-refractivity contribution in [3.63, 3.8) is 0 Å². The molecule has 0 radical (unpaired) electrons. The van der Waals surface area contributed by atoms with Crippen molar-refractivity contribution >= 4 is 17.6 Å². The molecule has 0 unspecified atom stereocenters. The summed E-state index contributed by atoms with van der Waals surface area (Å²) in [6, 6.07) is 7.60. The van der Waals surface area contributed by atoms with Gasteiger partial charge in [0.25, 0.3) is 0 Å². The number of likely N-dealkylation sites (tertiary alicyclic amines) is 1. The molecule has 6 nitrogen and oxygen atoms in total. The van der Waals surface area contributed by atoms with E-state index in [1.54, 1.807) is 4.90 Å². The van der Waals surface area contributed by atoms with E-state index in [4.69, 9.17) is 4.74 Å². The lowest BCUT2D eigenvalue weighted by Crippen LogP contribution is -2.50. The Labute approximate surface area is 149 Å². The molecule has 2 saturated heterocycles. The number of rotatable bonds is 4. The number of benzene rings is 1. The van der Waals surface area contributed by atoms with Gasteiger partial charge in [-0.05, 0) is 57.4 Å². The molecule has 0 bridgehead atoms. The fraction of sp³-hybridized carbons (Fsp3) is 0.579. The summed E-state index contributed by atoms with van der Waals surface area (Å²) in [5, 5.41) is 3.04. The van der Waals surface area contributed by atoms with E-state index in [-0.39, 0.29) is 24.0 Å². The van der Waals surface area contributed by atoms with Gasteiger partial charge in [-0.1, -0.05) is 0 Å². The number of carbonyl (C=O) groups excluding carboxylic acids is 2. The number of hydrogen-bond acceptors (Lipinski definition) is 3. The minimum Gasteiger partial charge on any atom is -0.494 e. The lowest BCUT2D eigenvalue weighted by molar-refractivity contribution is -0.117. The van der Waals surface area contributed by atoms with Gasteiger partial charge in [-0.25, -0.2) is 4.79 Å². The van der Waals surface area contributed by atoms with Gasteiger partial charge in [-0.3, -0.25) is 4.79 Å². The zero-order valence-corrected chi connectivity index (χ0v) is 15.0. The summed E-state index contributed by atoms with van der Waals surface area (Å²) >= 11 is 0. The minimum atomic E-state index is -0.138. The van der Waals surface area contributed by atoms with Crippen molar-refractivity contribution in [1.29, 1.82) is 0 Å². The van der Waals surface area contributed by atoms with Gasteiger partial charge in [-0.2, -0.15) is 0 Å². The van der Waals surface area contributed by atoms with E-state index in [0.717, 1.165) is 30.8 Å². The lowest BCUT2D eigenvalue weighted by Gasteiger charge is -2.34. The van der Waals surface area contributed by atoms with E-state index in [9.17, 15) is 9.59 Å². The van der Waals surface area contributed by atoms with Crippen LogP contribution in [0.25, 0.3) is 0 Å². The topological polar surface area (TPSA) is 61.9 Å². The Kier molecular flexibility index (Phi) is 5.46. The molecule has 1 aromatic rings. The average Bonchev–Trinajstić information content (AvgIpc) is 2.96. The van der Waals surface area contributed by atoms with Crippen LogP contribution >= 0.6 is 0 Å². The van der Waals surface area contributed by atoms with Crippen LogP contribution in [-0.4, -0.2) is 48.6 Å². The van der Waals surface area contributed by atoms with E-state index >= 15 is 0 Å². The summed E-state index contributed by atoms with van der Waals surface area (Å²) in [5.41, 5.74) is 0.844. The third kappa shape index (κ3) is 4.06. The van der Waals surface area contributed by atoms with Crippen LogP contribution in [0.15, 0.2) is 24.3 Å². The van der Waals surface area contributed by atoms with E-state index in [1.165, 1.54) is 6.42 Å². The Morgan fingerprint density at radius 1 is 1.28 bits per heavy atom. The Hall–Kier alpha value is -2.24. The fourth-order valence-electron chi connectivity index (χ4n) is 3.60. The maximum Gasteiger partial charge on any atom is 0.317 e. The van der Waals surface area contributed by atoms with Crippen molar-refractivity contribution in [3.05, 3.63) is 24.3 Å². The SMILES string of the molecule is CCOc1ccc(N2C[C@@H](NC(=O)N3CCCC[C@H]3C)CC2=O)cc1. The first-order chi connectivity index (χ1) is 12.1. The maximum atomic E-state index is 12.5. The zero-order valence-electron chi connectivity index (χ0n) is 15.0. The molecule has 3 amide bonds. The number of piperidine rings is 1. The molecule has 2 fully saturated rings. The highest BCUT2D eigenvalue weighted by Crippen LogP contribution is 2.25. The third-order valence-corrected chi connectivity index (χ3v) is 4.98. The number of hydrogen-bond donors (Lipinski definition) is 1. The highest BCUT2D eigenvalue weighted by atomic mass is 16.5. The van der Waals surface area contributed by atoms with E-state index < -0.39 is 0 Å². The van der Waals surface area contributed by atoms with E-state index in [0.29, 0.717) is 19.6 Å². The quantitative estimate of drug-likeness (QED) is 0.913. The molecule has 136 valence electrons. The van der Waals surface area contributed by atoms with Gasteiger partial charge in [0.2, 0.25) is 5.91 Å². The van der Waals surface area contributed by atoms with E-state index in [1.807, 2.05) is 36.1 Å². The van der Waals surface area contributed by atoms with Crippen LogP contribution in [-0.2, 0) is 4.79 Å². The number of anilines is 1. The van der Waals surface area contributed by atoms with Crippen molar-refractivity contribution in [3.8, 4) is 5.75 Å². The summed E-state index contributed by atoms with van der Waals surface area (Å²) in [7, 11) is 0. The summed E-state index contributed by atoms with van der Waals surface area (Å²) in [6.45, 7) is 5.96. The summed E-state index contributed by atoms with van der Waals surface area (Å²) in [6.07, 6.45) is 3.63. The first-order valence-corrected chi connectivity index (χ1v) is 9.19. The first kappa shape index (κ1) is 17.6. The van der Waals surface area contributed by atoms with Crippen LogP contribution in [0.5, 0.6) is 5.75 Å². The Balaban J connectivity index is 1.59. The third-order valence-electron chi connectivity index (χ3n) is 4.98. The minimum absolute atomic E-state index is 0.0427. The van der Waals surface area contributed by atoms with Crippen LogP contribution in [0.2, 0.25) is 0 Å². The highest BCUT2D eigenvalue weighted by molar-refractivity contribution is 5.96. The molecule has 2 heterocycles. The monoisotopic (exact) mass is 345 g/mol. The number of ether oxygens (including phenoxy) is 1. The highest BCUT2D eigenvalue weighted by Gasteiger charge is 2.33. The summed E-state index contributed by atoms with van der Waals surface area (Å²) < 4.78 is 5.44. The largest absolute Gasteiger partial charge is 0.494 e. The number of amides is 3. The average molecular weight is 345 g/mol. The Bertz CT molecular complexity index is 617. The molecule has 2 atom stereocenters. The van der Waals surface area contributed by atoms with Crippen molar-refractivity contribution in [2.24, 2.45) is 0 Å². The molecule has 1 aromatic carbocycles. The van der Waals surface area contributed by atoms with Crippen LogP contribution in [0.3, 0.4) is 0 Å². The molecule has 0 spiro atoms. The summed E-state index contributed by atoms with van der Waals surface area (Å²) in [4.78, 5) is 28.5. The fourth-order valence-corrected chi connectivity index (χ4v) is 3.60. The molecule has 1 N–H and O–H groups in total. The smallest absolute Gasteiger partial charge is 0.317 e. The molecule has 6 heteroatoms. The molecule has 0 saturated carbocycles. The van der Waals surface area contributed by atoms with Gasteiger partial charge < -0.3 is 19.9 Å². The second kappa shape index (κ2) is 7.76. The number of urea groups is 1. The maximum absolute atomic E-state index is 12.5. The standard InChI is InChI=1S/C19H27N3O3/c1-3-25-17-9-7-16(8-10-17)22-13-15(12-18(22)23)20-19(24)21-11-5-4-6-14(21)2/h7-10,14-15H,3-6,11-13H2,1-2H3,(H,20,24)/t14-,15+/m1/s1. The number of nitrogens with zero attached hydrogens (tertiary/aromatic N) is 2. The predicted octanol–water partition coefficient (Wildman–Crippen LogP) is 2.77. The predicted molar refractivity (Wildman–Crippen MR) is 96.9 cm³/mol. The van der Waals surface area contributed by atoms with Crippen LogP contribution in [0.4, 0.5) is 10.5 Å². The second-order valence-corrected chi connectivity index (χ2v) is 6.82. The number of nitrogens with one attached hydrogen (secondary N) is 1. The van der Waals surface area contributed by atoms with Crippen LogP contribution in [0.1, 0.15) is 39.5 Å². The van der Waals surface area contributed by atoms with Gasteiger partial charge in [0, 0.05) is 31.2 Å². The molecule has 0 aliphatic carbocycles. The Morgan fingerprint density at radius 3 is 2.72 bits per heavy atom. The number of carbonyl (C=O) groups is 2. The summed E-state index contributed by atoms with van der Waals surface area (Å²) in [5.74, 6) is 0.836.